The van der Waals surface area contributed by atoms with Gasteiger partial charge in [-0.15, -0.1) is 0 Å². The van der Waals surface area contributed by atoms with Crippen LogP contribution in [-0.2, 0) is 0 Å². The van der Waals surface area contributed by atoms with Gasteiger partial charge in [0, 0.05) is 23.3 Å². The molecular weight excluding hydrogens is 299 g/mol. The van der Waals surface area contributed by atoms with E-state index in [9.17, 15) is 4.39 Å². The molecule has 1 saturated carbocycles. The van der Waals surface area contributed by atoms with Crippen LogP contribution in [0.25, 0.3) is 0 Å². The van der Waals surface area contributed by atoms with E-state index in [1.165, 1.54) is 6.07 Å². The van der Waals surface area contributed by atoms with Crippen LogP contribution in [-0.4, -0.2) is 22.7 Å². The van der Waals surface area contributed by atoms with Gasteiger partial charge in [-0.25, -0.2) is 9.37 Å². The molecule has 0 atom stereocenters. The topological polar surface area (TPSA) is 45.1 Å². The molecule has 0 bridgehead atoms. The molecule has 0 saturated heterocycles. The minimum absolute atomic E-state index is 0.270. The van der Waals surface area contributed by atoms with E-state index >= 15 is 0 Å². The maximum atomic E-state index is 13.6. The Kier molecular flexibility index (Phi) is 4.95. The van der Waals surface area contributed by atoms with Crippen molar-refractivity contribution in [2.24, 2.45) is 5.92 Å². The van der Waals surface area contributed by atoms with Crippen molar-refractivity contribution in [3.05, 3.63) is 22.6 Å². The summed E-state index contributed by atoms with van der Waals surface area (Å²) in [6.07, 6.45) is 6.71. The third-order valence-corrected chi connectivity index (χ3v) is 3.97. The lowest BCUT2D eigenvalue weighted by molar-refractivity contribution is 0.225. The molecule has 2 N–H and O–H groups in total. The van der Waals surface area contributed by atoms with Gasteiger partial charge in [-0.2, -0.15) is 0 Å². The van der Waals surface area contributed by atoms with Gasteiger partial charge in [0.15, 0.2) is 11.6 Å². The Morgan fingerprint density at radius 2 is 2.11 bits per heavy atom. The lowest BCUT2D eigenvalue weighted by atomic mass is 9.84. The van der Waals surface area contributed by atoms with Gasteiger partial charge in [-0.1, -0.05) is 0 Å². The van der Waals surface area contributed by atoms with Crippen molar-refractivity contribution in [2.45, 2.75) is 38.1 Å². The lowest BCUT2D eigenvalue weighted by Crippen LogP contribution is -2.27. The van der Waals surface area contributed by atoms with Gasteiger partial charge < -0.3 is 10.4 Å². The highest BCUT2D eigenvalue weighted by molar-refractivity contribution is 9.10. The van der Waals surface area contributed by atoms with Gasteiger partial charge in [0.25, 0.3) is 0 Å². The fourth-order valence-electron chi connectivity index (χ4n) is 2.49. The fourth-order valence-corrected chi connectivity index (χ4v) is 2.80. The highest BCUT2D eigenvalue weighted by Crippen LogP contribution is 2.28. The minimum Gasteiger partial charge on any atom is -0.396 e. The summed E-state index contributed by atoms with van der Waals surface area (Å²) >= 11 is 3.19. The van der Waals surface area contributed by atoms with Gasteiger partial charge in [0.2, 0.25) is 0 Å². The number of aliphatic hydroxyl groups is 1. The SMILES string of the molecule is OCCC1CCC(Nc2ncc(Br)cc2F)CC1. The molecule has 2 rings (SSSR count). The van der Waals surface area contributed by atoms with E-state index in [1.807, 2.05) is 0 Å². The van der Waals surface area contributed by atoms with Crippen LogP contribution >= 0.6 is 15.9 Å². The number of nitrogens with zero attached hydrogens (tertiary/aromatic N) is 1. The predicted octanol–water partition coefficient (Wildman–Crippen LogP) is 3.34. The van der Waals surface area contributed by atoms with Crippen LogP contribution in [0.3, 0.4) is 0 Å². The Labute approximate surface area is 115 Å². The molecule has 18 heavy (non-hydrogen) atoms. The molecule has 0 aromatic carbocycles. The molecule has 1 aliphatic rings. The number of hydrogen-bond acceptors (Lipinski definition) is 3. The number of pyridine rings is 1. The molecule has 0 spiro atoms. The van der Waals surface area contributed by atoms with Gasteiger partial charge in [-0.05, 0) is 60.0 Å². The van der Waals surface area contributed by atoms with Crippen LogP contribution < -0.4 is 5.32 Å². The molecule has 5 heteroatoms. The molecule has 1 aromatic heterocycles. The van der Waals surface area contributed by atoms with E-state index < -0.39 is 0 Å². The van der Waals surface area contributed by atoms with Crippen LogP contribution in [0.4, 0.5) is 10.2 Å². The third-order valence-electron chi connectivity index (χ3n) is 3.53. The number of halogens is 2. The first-order chi connectivity index (χ1) is 8.69. The summed E-state index contributed by atoms with van der Waals surface area (Å²) in [5.74, 6) is 0.640. The zero-order valence-electron chi connectivity index (χ0n) is 10.2. The van der Waals surface area contributed by atoms with Crippen molar-refractivity contribution in [2.75, 3.05) is 11.9 Å². The summed E-state index contributed by atoms with van der Waals surface area (Å²) in [6.45, 7) is 0.270. The van der Waals surface area contributed by atoms with Crippen LogP contribution in [0.2, 0.25) is 0 Å². The van der Waals surface area contributed by atoms with Crippen LogP contribution in [0.5, 0.6) is 0 Å². The van der Waals surface area contributed by atoms with Crippen LogP contribution in [0.15, 0.2) is 16.7 Å². The summed E-state index contributed by atoms with van der Waals surface area (Å²) in [7, 11) is 0. The van der Waals surface area contributed by atoms with Crippen molar-refractivity contribution >= 4 is 21.7 Å². The van der Waals surface area contributed by atoms with E-state index in [0.29, 0.717) is 22.3 Å². The van der Waals surface area contributed by atoms with Gasteiger partial charge in [-0.3, -0.25) is 0 Å². The maximum absolute atomic E-state index is 13.6. The minimum atomic E-state index is -0.318. The van der Waals surface area contributed by atoms with Crippen molar-refractivity contribution in [1.82, 2.24) is 4.98 Å². The summed E-state index contributed by atoms with van der Waals surface area (Å²) in [4.78, 5) is 4.05. The number of nitrogens with one attached hydrogen (secondary N) is 1. The smallest absolute Gasteiger partial charge is 0.166 e. The average molecular weight is 317 g/mol. The van der Waals surface area contributed by atoms with Crippen molar-refractivity contribution in [3.8, 4) is 0 Å². The second-order valence-electron chi connectivity index (χ2n) is 4.86. The van der Waals surface area contributed by atoms with Crippen molar-refractivity contribution < 1.29 is 9.50 Å². The number of aliphatic hydroxyl groups excluding tert-OH is 1. The monoisotopic (exact) mass is 316 g/mol. The number of aromatic nitrogens is 1. The highest BCUT2D eigenvalue weighted by Gasteiger charge is 2.21. The van der Waals surface area contributed by atoms with E-state index in [4.69, 9.17) is 5.11 Å². The van der Waals surface area contributed by atoms with Crippen LogP contribution in [0.1, 0.15) is 32.1 Å². The average Bonchev–Trinajstić information content (AvgIpc) is 2.35. The van der Waals surface area contributed by atoms with Crippen molar-refractivity contribution in [1.29, 1.82) is 0 Å². The van der Waals surface area contributed by atoms with E-state index in [0.717, 1.165) is 32.1 Å². The molecule has 3 nitrogen and oxygen atoms in total. The first kappa shape index (κ1) is 13.7. The van der Waals surface area contributed by atoms with E-state index in [-0.39, 0.29) is 12.4 Å². The molecule has 0 amide bonds. The molecular formula is C13H18BrFN2O. The quantitative estimate of drug-likeness (QED) is 0.895. The highest BCUT2D eigenvalue weighted by atomic mass is 79.9. The molecule has 1 aromatic rings. The third kappa shape index (κ3) is 3.65. The van der Waals surface area contributed by atoms with E-state index in [2.05, 4.69) is 26.2 Å². The Bertz CT molecular complexity index is 395. The van der Waals surface area contributed by atoms with Gasteiger partial charge in [0.1, 0.15) is 0 Å². The number of anilines is 1. The second-order valence-corrected chi connectivity index (χ2v) is 5.77. The Hall–Kier alpha value is -0.680. The second kappa shape index (κ2) is 6.48. The van der Waals surface area contributed by atoms with Gasteiger partial charge in [0.05, 0.1) is 0 Å². The van der Waals surface area contributed by atoms with Crippen molar-refractivity contribution in [3.63, 3.8) is 0 Å². The first-order valence-electron chi connectivity index (χ1n) is 6.37. The van der Waals surface area contributed by atoms with E-state index in [1.54, 1.807) is 6.20 Å². The van der Waals surface area contributed by atoms with Gasteiger partial charge >= 0.3 is 0 Å². The fraction of sp³-hybridized carbons (Fsp3) is 0.615. The first-order valence-corrected chi connectivity index (χ1v) is 7.16. The molecule has 0 aliphatic heterocycles. The molecule has 0 unspecified atom stereocenters. The maximum Gasteiger partial charge on any atom is 0.166 e. The molecule has 1 aliphatic carbocycles. The Balaban J connectivity index is 1.87. The summed E-state index contributed by atoms with van der Waals surface area (Å²) < 4.78 is 14.3. The summed E-state index contributed by atoms with van der Waals surface area (Å²) in [5, 5.41) is 12.1. The zero-order valence-corrected chi connectivity index (χ0v) is 11.8. The normalized spacial score (nSPS) is 23.9. The molecule has 1 heterocycles. The largest absolute Gasteiger partial charge is 0.396 e. The molecule has 100 valence electrons. The Morgan fingerprint density at radius 3 is 2.72 bits per heavy atom. The molecule has 0 radical (unpaired) electrons. The summed E-state index contributed by atoms with van der Waals surface area (Å²) in [5.41, 5.74) is 0. The zero-order chi connectivity index (χ0) is 13.0. The number of rotatable bonds is 4. The lowest BCUT2D eigenvalue weighted by Gasteiger charge is -2.29. The number of hydrogen-bond donors (Lipinski definition) is 2. The Morgan fingerprint density at radius 1 is 1.39 bits per heavy atom. The summed E-state index contributed by atoms with van der Waals surface area (Å²) in [6, 6.07) is 1.72. The van der Waals surface area contributed by atoms with Crippen LogP contribution in [0, 0.1) is 11.7 Å². The predicted molar refractivity (Wildman–Crippen MR) is 73.0 cm³/mol. The molecule has 1 fully saturated rings. The standard InChI is InChI=1S/C13H18BrFN2O/c14-10-7-12(15)13(16-8-10)17-11-3-1-9(2-4-11)5-6-18/h7-9,11,18H,1-6H2,(H,16,17).